The van der Waals surface area contributed by atoms with Gasteiger partial charge in [0.15, 0.2) is 0 Å². The predicted octanol–water partition coefficient (Wildman–Crippen LogP) is 2.59. The number of aliphatic hydroxyl groups is 2. The maximum absolute atomic E-state index is 9.53. The highest BCUT2D eigenvalue weighted by Crippen LogP contribution is 2.34. The molecule has 0 fully saturated rings. The molecule has 0 spiro atoms. The average molecular weight is 259 g/mol. The molecule has 0 saturated heterocycles. The summed E-state index contributed by atoms with van der Waals surface area (Å²) < 4.78 is 5.30. The highest BCUT2D eigenvalue weighted by molar-refractivity contribution is 6.30. The molecule has 0 amide bonds. The zero-order valence-corrected chi connectivity index (χ0v) is 10.9. The topological polar surface area (TPSA) is 49.7 Å². The fourth-order valence-electron chi connectivity index (χ4n) is 1.94. The summed E-state index contributed by atoms with van der Waals surface area (Å²) in [7, 11) is 1.61. The highest BCUT2D eigenvalue weighted by atomic mass is 35.5. The molecule has 2 unspecified atom stereocenters. The summed E-state index contributed by atoms with van der Waals surface area (Å²) in [6, 6.07) is 5.46. The lowest BCUT2D eigenvalue weighted by molar-refractivity contribution is 0.0815. The van der Waals surface area contributed by atoms with Gasteiger partial charge in [-0.05, 0) is 42.5 Å². The molecule has 0 heterocycles. The molecule has 0 bridgehead atoms. The van der Waals surface area contributed by atoms with Gasteiger partial charge in [-0.2, -0.15) is 0 Å². The first-order valence-electron chi connectivity index (χ1n) is 5.74. The molecule has 2 N–H and O–H groups in total. The molecule has 96 valence electrons. The number of methoxy groups -OCH3 is 1. The molecule has 0 aliphatic rings. The number of halogens is 1. The van der Waals surface area contributed by atoms with Crippen molar-refractivity contribution in [2.45, 2.75) is 31.8 Å². The van der Waals surface area contributed by atoms with Gasteiger partial charge in [-0.25, -0.2) is 0 Å². The van der Waals surface area contributed by atoms with Crippen molar-refractivity contribution in [1.82, 2.24) is 0 Å². The van der Waals surface area contributed by atoms with Crippen LogP contribution in [-0.2, 0) is 0 Å². The fraction of sp³-hybridized carbons (Fsp3) is 0.538. The Bertz CT molecular complexity index is 355. The van der Waals surface area contributed by atoms with Crippen LogP contribution in [0.5, 0.6) is 5.75 Å². The van der Waals surface area contributed by atoms with E-state index in [4.69, 9.17) is 21.4 Å². The third-order valence-corrected chi connectivity index (χ3v) is 3.13. The smallest absolute Gasteiger partial charge is 0.122 e. The Morgan fingerprint density at radius 2 is 2.12 bits per heavy atom. The molecule has 1 rings (SSSR count). The number of aliphatic hydroxyl groups excluding tert-OH is 2. The Balaban J connectivity index is 2.97. The predicted molar refractivity (Wildman–Crippen MR) is 68.7 cm³/mol. The third kappa shape index (κ3) is 3.87. The summed E-state index contributed by atoms with van der Waals surface area (Å²) in [5.41, 5.74) is 0.981. The minimum absolute atomic E-state index is 0.130. The standard InChI is InChI=1S/C13H19ClO3/c1-3-9(6-11(16)8-15)12-7-10(14)4-5-13(12)17-2/h4-5,7,9,11,15-16H,3,6,8H2,1-2H3. The lowest BCUT2D eigenvalue weighted by atomic mass is 9.90. The Morgan fingerprint density at radius 3 is 2.65 bits per heavy atom. The molecule has 0 aromatic heterocycles. The van der Waals surface area contributed by atoms with Gasteiger partial charge in [0.1, 0.15) is 5.75 Å². The number of hydrogen-bond donors (Lipinski definition) is 2. The normalized spacial score (nSPS) is 14.4. The monoisotopic (exact) mass is 258 g/mol. The zero-order chi connectivity index (χ0) is 12.8. The van der Waals surface area contributed by atoms with Gasteiger partial charge in [0.25, 0.3) is 0 Å². The van der Waals surface area contributed by atoms with Crippen molar-refractivity contribution < 1.29 is 14.9 Å². The number of benzene rings is 1. The second-order valence-corrected chi connectivity index (χ2v) is 4.50. The van der Waals surface area contributed by atoms with Crippen molar-refractivity contribution in [2.24, 2.45) is 0 Å². The first-order valence-corrected chi connectivity index (χ1v) is 6.12. The van der Waals surface area contributed by atoms with Crippen LogP contribution < -0.4 is 4.74 Å². The first-order chi connectivity index (χ1) is 8.12. The summed E-state index contributed by atoms with van der Waals surface area (Å²) in [6.45, 7) is 1.81. The molecule has 3 nitrogen and oxygen atoms in total. The van der Waals surface area contributed by atoms with Gasteiger partial charge in [-0.1, -0.05) is 18.5 Å². The van der Waals surface area contributed by atoms with Crippen LogP contribution in [0.4, 0.5) is 0 Å². The summed E-state index contributed by atoms with van der Waals surface area (Å²) in [5.74, 6) is 0.900. The molecule has 1 aromatic carbocycles. The Labute approximate surface area is 107 Å². The Morgan fingerprint density at radius 1 is 1.41 bits per heavy atom. The van der Waals surface area contributed by atoms with Gasteiger partial charge in [0.2, 0.25) is 0 Å². The Hall–Kier alpha value is -0.770. The summed E-state index contributed by atoms with van der Waals surface area (Å²) in [5, 5.41) is 19.1. The summed E-state index contributed by atoms with van der Waals surface area (Å²) >= 11 is 5.98. The van der Waals surface area contributed by atoms with Crippen LogP contribution in [0, 0.1) is 0 Å². The fourth-order valence-corrected chi connectivity index (χ4v) is 2.12. The van der Waals surface area contributed by atoms with Crippen LogP contribution >= 0.6 is 11.6 Å². The van der Waals surface area contributed by atoms with Crippen molar-refractivity contribution in [3.63, 3.8) is 0 Å². The van der Waals surface area contributed by atoms with Gasteiger partial charge in [0, 0.05) is 5.02 Å². The van der Waals surface area contributed by atoms with Gasteiger partial charge in [0.05, 0.1) is 19.8 Å². The van der Waals surface area contributed by atoms with Crippen LogP contribution in [0.15, 0.2) is 18.2 Å². The van der Waals surface area contributed by atoms with Crippen LogP contribution in [0.1, 0.15) is 31.2 Å². The number of hydrogen-bond acceptors (Lipinski definition) is 3. The molecule has 4 heteroatoms. The maximum atomic E-state index is 9.53. The molecule has 0 aliphatic carbocycles. The van der Waals surface area contributed by atoms with E-state index in [1.54, 1.807) is 13.2 Å². The van der Waals surface area contributed by atoms with E-state index in [0.717, 1.165) is 17.7 Å². The minimum atomic E-state index is -0.705. The van der Waals surface area contributed by atoms with Crippen LogP contribution in [0.2, 0.25) is 5.02 Å². The van der Waals surface area contributed by atoms with Crippen molar-refractivity contribution >= 4 is 11.6 Å². The molecule has 17 heavy (non-hydrogen) atoms. The number of rotatable bonds is 6. The van der Waals surface area contributed by atoms with E-state index in [-0.39, 0.29) is 12.5 Å². The molecular weight excluding hydrogens is 240 g/mol. The van der Waals surface area contributed by atoms with E-state index < -0.39 is 6.10 Å². The van der Waals surface area contributed by atoms with E-state index in [9.17, 15) is 5.11 Å². The van der Waals surface area contributed by atoms with Crippen LogP contribution in [0.3, 0.4) is 0 Å². The average Bonchev–Trinajstić information content (AvgIpc) is 2.35. The van der Waals surface area contributed by atoms with Gasteiger partial charge in [-0.15, -0.1) is 0 Å². The van der Waals surface area contributed by atoms with Crippen molar-refractivity contribution in [3.05, 3.63) is 28.8 Å². The molecular formula is C13H19ClO3. The van der Waals surface area contributed by atoms with E-state index in [1.165, 1.54) is 0 Å². The molecule has 0 saturated carbocycles. The lowest BCUT2D eigenvalue weighted by Crippen LogP contribution is -2.16. The minimum Gasteiger partial charge on any atom is -0.496 e. The second kappa shape index (κ2) is 6.84. The van der Waals surface area contributed by atoms with Crippen LogP contribution in [-0.4, -0.2) is 30.0 Å². The van der Waals surface area contributed by atoms with Gasteiger partial charge in [-0.3, -0.25) is 0 Å². The van der Waals surface area contributed by atoms with Crippen molar-refractivity contribution in [3.8, 4) is 5.75 Å². The molecule has 0 radical (unpaired) electrons. The second-order valence-electron chi connectivity index (χ2n) is 4.06. The largest absolute Gasteiger partial charge is 0.496 e. The Kier molecular flexibility index (Phi) is 5.75. The van der Waals surface area contributed by atoms with Crippen LogP contribution in [0.25, 0.3) is 0 Å². The zero-order valence-electron chi connectivity index (χ0n) is 10.2. The number of ether oxygens (including phenoxy) is 1. The van der Waals surface area contributed by atoms with Crippen molar-refractivity contribution in [2.75, 3.05) is 13.7 Å². The quantitative estimate of drug-likeness (QED) is 0.825. The lowest BCUT2D eigenvalue weighted by Gasteiger charge is -2.20. The molecule has 0 aliphatic heterocycles. The molecule has 1 aromatic rings. The van der Waals surface area contributed by atoms with Crippen molar-refractivity contribution in [1.29, 1.82) is 0 Å². The molecule has 2 atom stereocenters. The summed E-state index contributed by atoms with van der Waals surface area (Å²) in [6.07, 6.45) is 0.654. The van der Waals surface area contributed by atoms with E-state index in [2.05, 4.69) is 0 Å². The van der Waals surface area contributed by atoms with E-state index in [0.29, 0.717) is 11.4 Å². The van der Waals surface area contributed by atoms with E-state index >= 15 is 0 Å². The highest BCUT2D eigenvalue weighted by Gasteiger charge is 2.18. The van der Waals surface area contributed by atoms with E-state index in [1.807, 2.05) is 19.1 Å². The third-order valence-electron chi connectivity index (χ3n) is 2.89. The SMILES string of the molecule is CCC(CC(O)CO)c1cc(Cl)ccc1OC. The van der Waals surface area contributed by atoms with Gasteiger partial charge >= 0.3 is 0 Å². The maximum Gasteiger partial charge on any atom is 0.122 e. The summed E-state index contributed by atoms with van der Waals surface area (Å²) in [4.78, 5) is 0. The van der Waals surface area contributed by atoms with Gasteiger partial charge < -0.3 is 14.9 Å². The first kappa shape index (κ1) is 14.3.